The molecule has 0 bridgehead atoms. The second-order valence-electron chi connectivity index (χ2n) is 3.88. The maximum atomic E-state index is 10.5. The average Bonchev–Trinajstić information content (AvgIpc) is 2.75. The van der Waals surface area contributed by atoms with Crippen molar-refractivity contribution in [3.63, 3.8) is 0 Å². The Kier molecular flexibility index (Phi) is 4.65. The minimum absolute atomic E-state index is 0.0987. The first-order valence-corrected chi connectivity index (χ1v) is 7.09. The van der Waals surface area contributed by atoms with Crippen molar-refractivity contribution in [1.29, 1.82) is 0 Å². The fourth-order valence-corrected chi connectivity index (χ4v) is 2.92. The molecule has 100 valence electrons. The van der Waals surface area contributed by atoms with Crippen molar-refractivity contribution in [2.24, 2.45) is 0 Å². The second kappa shape index (κ2) is 6.25. The Balaban J connectivity index is 2.21. The molecule has 0 spiro atoms. The monoisotopic (exact) mass is 388 g/mol. The lowest BCUT2D eigenvalue weighted by Gasteiger charge is -2.05. The Morgan fingerprint density at radius 3 is 2.58 bits per heavy atom. The number of benzene rings is 1. The zero-order valence-electron chi connectivity index (χ0n) is 9.75. The highest BCUT2D eigenvalue weighted by Gasteiger charge is 2.10. The van der Waals surface area contributed by atoms with E-state index in [1.807, 2.05) is 18.2 Å². The summed E-state index contributed by atoms with van der Waals surface area (Å²) in [5.41, 5.74) is 0.863. The van der Waals surface area contributed by atoms with E-state index >= 15 is 0 Å². The molecule has 0 aliphatic carbocycles. The third-order valence-corrected chi connectivity index (χ3v) is 3.33. The van der Waals surface area contributed by atoms with Crippen LogP contribution in [0.25, 0.3) is 11.4 Å². The minimum Gasteiger partial charge on any atom is -0.481 e. The molecule has 19 heavy (non-hydrogen) atoms. The number of hydrogen-bond acceptors (Lipinski definition) is 4. The molecule has 1 aromatic carbocycles. The van der Waals surface area contributed by atoms with Gasteiger partial charge in [-0.15, -0.1) is 5.10 Å². The van der Waals surface area contributed by atoms with Gasteiger partial charge in [0.25, 0.3) is 0 Å². The molecule has 0 amide bonds. The molecule has 2 rings (SSSR count). The molecule has 0 aliphatic heterocycles. The lowest BCUT2D eigenvalue weighted by molar-refractivity contribution is -0.137. The Labute approximate surface area is 126 Å². The van der Waals surface area contributed by atoms with Crippen molar-refractivity contribution in [2.75, 3.05) is 0 Å². The second-order valence-corrected chi connectivity index (χ2v) is 5.71. The van der Waals surface area contributed by atoms with E-state index in [0.717, 1.165) is 14.5 Å². The van der Waals surface area contributed by atoms with E-state index in [9.17, 15) is 4.79 Å². The van der Waals surface area contributed by atoms with Crippen LogP contribution in [0.15, 0.2) is 27.1 Å². The number of aryl methyl sites for hydroxylation is 1. The number of aliphatic carboxylic acids is 1. The smallest absolute Gasteiger partial charge is 0.303 e. The predicted molar refractivity (Wildman–Crippen MR) is 75.5 cm³/mol. The Hall–Kier alpha value is -1.28. The van der Waals surface area contributed by atoms with E-state index in [1.54, 1.807) is 4.68 Å². The van der Waals surface area contributed by atoms with Gasteiger partial charge in [-0.1, -0.05) is 31.9 Å². The number of halogens is 2. The van der Waals surface area contributed by atoms with E-state index in [0.29, 0.717) is 18.8 Å². The van der Waals surface area contributed by atoms with Gasteiger partial charge < -0.3 is 5.11 Å². The Morgan fingerprint density at radius 1 is 1.26 bits per heavy atom. The van der Waals surface area contributed by atoms with Crippen molar-refractivity contribution < 1.29 is 9.90 Å². The molecule has 6 nitrogen and oxygen atoms in total. The highest BCUT2D eigenvalue weighted by Crippen LogP contribution is 2.26. The first-order valence-electron chi connectivity index (χ1n) is 5.50. The summed E-state index contributed by atoms with van der Waals surface area (Å²) in [6, 6.07) is 5.73. The zero-order valence-corrected chi connectivity index (χ0v) is 12.9. The van der Waals surface area contributed by atoms with E-state index in [4.69, 9.17) is 5.11 Å². The van der Waals surface area contributed by atoms with Gasteiger partial charge in [0.1, 0.15) is 0 Å². The summed E-state index contributed by atoms with van der Waals surface area (Å²) in [7, 11) is 0. The van der Waals surface area contributed by atoms with Crippen molar-refractivity contribution in [3.05, 3.63) is 27.1 Å². The van der Waals surface area contributed by atoms with Gasteiger partial charge >= 0.3 is 5.97 Å². The molecule has 2 aromatic rings. The number of tetrazole rings is 1. The van der Waals surface area contributed by atoms with E-state index in [1.165, 1.54) is 0 Å². The standard InChI is InChI=1S/C11H10Br2N4O2/c12-8-4-7(5-9(13)6-8)11-14-15-16-17(11)3-1-2-10(18)19/h4-6H,1-3H2,(H,18,19). The molecule has 8 heteroatoms. The summed E-state index contributed by atoms with van der Waals surface area (Å²) in [6.07, 6.45) is 0.587. The number of carbonyl (C=O) groups is 1. The number of carboxylic acids is 1. The number of hydrogen-bond donors (Lipinski definition) is 1. The average molecular weight is 390 g/mol. The number of aromatic nitrogens is 4. The van der Waals surface area contributed by atoms with Crippen LogP contribution in [-0.2, 0) is 11.3 Å². The van der Waals surface area contributed by atoms with Crippen LogP contribution in [0.5, 0.6) is 0 Å². The van der Waals surface area contributed by atoms with Gasteiger partial charge in [0.2, 0.25) is 0 Å². The van der Waals surface area contributed by atoms with Crippen LogP contribution in [0, 0.1) is 0 Å². The van der Waals surface area contributed by atoms with Gasteiger partial charge in [-0.05, 0) is 35.0 Å². The van der Waals surface area contributed by atoms with Crippen LogP contribution in [0.4, 0.5) is 0 Å². The molecular weight excluding hydrogens is 380 g/mol. The van der Waals surface area contributed by atoms with Crippen molar-refractivity contribution >= 4 is 37.8 Å². The van der Waals surface area contributed by atoms with Crippen LogP contribution in [0.1, 0.15) is 12.8 Å². The molecule has 1 heterocycles. The topological polar surface area (TPSA) is 80.9 Å². The molecule has 0 saturated heterocycles. The zero-order chi connectivity index (χ0) is 13.8. The van der Waals surface area contributed by atoms with Gasteiger partial charge in [0, 0.05) is 27.5 Å². The molecular formula is C11H10Br2N4O2. The summed E-state index contributed by atoms with van der Waals surface area (Å²) in [4.78, 5) is 10.5. The van der Waals surface area contributed by atoms with Crippen LogP contribution in [0.2, 0.25) is 0 Å². The predicted octanol–water partition coefficient (Wildman–Crippen LogP) is 2.73. The van der Waals surface area contributed by atoms with Gasteiger partial charge in [0.15, 0.2) is 5.82 Å². The number of nitrogens with zero attached hydrogens (tertiary/aromatic N) is 4. The van der Waals surface area contributed by atoms with E-state index in [2.05, 4.69) is 47.4 Å². The van der Waals surface area contributed by atoms with Crippen LogP contribution in [0.3, 0.4) is 0 Å². The van der Waals surface area contributed by atoms with E-state index in [-0.39, 0.29) is 6.42 Å². The van der Waals surface area contributed by atoms with E-state index < -0.39 is 5.97 Å². The van der Waals surface area contributed by atoms with Gasteiger partial charge in [-0.3, -0.25) is 4.79 Å². The fourth-order valence-electron chi connectivity index (χ4n) is 1.62. The molecule has 0 fully saturated rings. The maximum absolute atomic E-state index is 10.5. The highest BCUT2D eigenvalue weighted by atomic mass is 79.9. The molecule has 0 atom stereocenters. The Bertz CT molecular complexity index is 580. The first kappa shape index (κ1) is 14.1. The molecule has 1 aromatic heterocycles. The van der Waals surface area contributed by atoms with Crippen molar-refractivity contribution in [3.8, 4) is 11.4 Å². The lowest BCUT2D eigenvalue weighted by atomic mass is 10.2. The lowest BCUT2D eigenvalue weighted by Crippen LogP contribution is -2.05. The fraction of sp³-hybridized carbons (Fsp3) is 0.273. The van der Waals surface area contributed by atoms with Crippen molar-refractivity contribution in [1.82, 2.24) is 20.2 Å². The first-order chi connectivity index (χ1) is 9.06. The normalized spacial score (nSPS) is 10.6. The van der Waals surface area contributed by atoms with Gasteiger partial charge in [0.05, 0.1) is 0 Å². The minimum atomic E-state index is -0.820. The van der Waals surface area contributed by atoms with Crippen LogP contribution in [-0.4, -0.2) is 31.3 Å². The SMILES string of the molecule is O=C(O)CCCn1nnnc1-c1cc(Br)cc(Br)c1. The third kappa shape index (κ3) is 3.84. The molecule has 0 unspecified atom stereocenters. The maximum Gasteiger partial charge on any atom is 0.303 e. The number of rotatable bonds is 5. The largest absolute Gasteiger partial charge is 0.481 e. The van der Waals surface area contributed by atoms with Crippen LogP contribution < -0.4 is 0 Å². The molecule has 1 N–H and O–H groups in total. The van der Waals surface area contributed by atoms with Crippen LogP contribution >= 0.6 is 31.9 Å². The highest BCUT2D eigenvalue weighted by molar-refractivity contribution is 9.11. The third-order valence-electron chi connectivity index (χ3n) is 2.41. The van der Waals surface area contributed by atoms with Gasteiger partial charge in [-0.25, -0.2) is 4.68 Å². The summed E-state index contributed by atoms with van der Waals surface area (Å²) in [6.45, 7) is 0.471. The Morgan fingerprint density at radius 2 is 1.95 bits per heavy atom. The summed E-state index contributed by atoms with van der Waals surface area (Å²) < 4.78 is 3.44. The summed E-state index contributed by atoms with van der Waals surface area (Å²) in [5, 5.41) is 20.1. The summed E-state index contributed by atoms with van der Waals surface area (Å²) >= 11 is 6.82. The number of carboxylic acid groups (broad SMARTS) is 1. The molecule has 0 saturated carbocycles. The van der Waals surface area contributed by atoms with Gasteiger partial charge in [-0.2, -0.15) is 0 Å². The summed E-state index contributed by atoms with van der Waals surface area (Å²) in [5.74, 6) is -0.202. The molecule has 0 radical (unpaired) electrons. The molecule has 0 aliphatic rings. The van der Waals surface area contributed by atoms with Crippen molar-refractivity contribution in [2.45, 2.75) is 19.4 Å². The quantitative estimate of drug-likeness (QED) is 0.850.